The van der Waals surface area contributed by atoms with Gasteiger partial charge in [-0.3, -0.25) is 4.79 Å². The van der Waals surface area contributed by atoms with E-state index in [9.17, 15) is 15.0 Å². The minimum Gasteiger partial charge on any atom is -0.388 e. The second-order valence-corrected chi connectivity index (χ2v) is 4.44. The second-order valence-electron chi connectivity index (χ2n) is 4.44. The van der Waals surface area contributed by atoms with Gasteiger partial charge in [0, 0.05) is 25.5 Å². The maximum Gasteiger partial charge on any atom is 0.274 e. The number of imidazole rings is 1. The number of amides is 1. The van der Waals surface area contributed by atoms with Crippen molar-refractivity contribution in [2.24, 2.45) is 0 Å². The third kappa shape index (κ3) is 1.75. The molecular formula is C12H13N3O3. The van der Waals surface area contributed by atoms with E-state index in [1.54, 1.807) is 10.6 Å². The van der Waals surface area contributed by atoms with Crippen LogP contribution < -0.4 is 0 Å². The average Bonchev–Trinajstić information content (AvgIpc) is 2.93. The number of hydrogen-bond acceptors (Lipinski definition) is 4. The molecule has 1 aliphatic heterocycles. The van der Waals surface area contributed by atoms with Crippen molar-refractivity contribution in [1.29, 1.82) is 0 Å². The molecule has 2 aromatic rings. The third-order valence-corrected chi connectivity index (χ3v) is 3.13. The van der Waals surface area contributed by atoms with Crippen LogP contribution in [0.3, 0.4) is 0 Å². The van der Waals surface area contributed by atoms with Gasteiger partial charge < -0.3 is 19.5 Å². The van der Waals surface area contributed by atoms with Gasteiger partial charge >= 0.3 is 0 Å². The molecule has 2 N–H and O–H groups in total. The maximum atomic E-state index is 12.1. The molecule has 1 aliphatic rings. The number of rotatable bonds is 1. The summed E-state index contributed by atoms with van der Waals surface area (Å²) < 4.78 is 1.76. The van der Waals surface area contributed by atoms with Crippen molar-refractivity contribution >= 4 is 11.6 Å². The molecule has 1 fully saturated rings. The number of hydrogen-bond donors (Lipinski definition) is 2. The number of pyridine rings is 1. The molecule has 18 heavy (non-hydrogen) atoms. The van der Waals surface area contributed by atoms with Crippen LogP contribution in [0, 0.1) is 0 Å². The van der Waals surface area contributed by atoms with E-state index >= 15 is 0 Å². The van der Waals surface area contributed by atoms with Crippen molar-refractivity contribution in [3.05, 3.63) is 36.3 Å². The molecule has 6 nitrogen and oxygen atoms in total. The molecular weight excluding hydrogens is 234 g/mol. The van der Waals surface area contributed by atoms with Crippen LogP contribution in [0.2, 0.25) is 0 Å². The number of carbonyl (C=O) groups excluding carboxylic acids is 1. The summed E-state index contributed by atoms with van der Waals surface area (Å²) in [5.74, 6) is -0.269. The van der Waals surface area contributed by atoms with Gasteiger partial charge in [-0.2, -0.15) is 0 Å². The average molecular weight is 247 g/mol. The lowest BCUT2D eigenvalue weighted by atomic mass is 10.3. The summed E-state index contributed by atoms with van der Waals surface area (Å²) in [4.78, 5) is 17.8. The summed E-state index contributed by atoms with van der Waals surface area (Å²) in [7, 11) is 0. The lowest BCUT2D eigenvalue weighted by Crippen LogP contribution is -2.30. The van der Waals surface area contributed by atoms with Crippen molar-refractivity contribution in [2.45, 2.75) is 12.2 Å². The highest BCUT2D eigenvalue weighted by Crippen LogP contribution is 2.14. The van der Waals surface area contributed by atoms with E-state index in [2.05, 4.69) is 4.98 Å². The summed E-state index contributed by atoms with van der Waals surface area (Å²) in [6, 6.07) is 5.51. The number of aliphatic hydroxyl groups excluding tert-OH is 2. The molecule has 1 amide bonds. The zero-order valence-corrected chi connectivity index (χ0v) is 9.60. The highest BCUT2D eigenvalue weighted by molar-refractivity contribution is 5.93. The van der Waals surface area contributed by atoms with Crippen molar-refractivity contribution in [3.8, 4) is 0 Å². The van der Waals surface area contributed by atoms with Crippen molar-refractivity contribution in [1.82, 2.24) is 14.3 Å². The molecule has 0 spiro atoms. The number of aliphatic hydroxyl groups is 2. The molecule has 1 saturated heterocycles. The molecule has 2 unspecified atom stereocenters. The smallest absolute Gasteiger partial charge is 0.274 e. The normalized spacial score (nSPS) is 23.8. The van der Waals surface area contributed by atoms with Crippen molar-refractivity contribution in [2.75, 3.05) is 13.1 Å². The first-order valence-electron chi connectivity index (χ1n) is 5.74. The van der Waals surface area contributed by atoms with Gasteiger partial charge in [0.1, 0.15) is 11.3 Å². The van der Waals surface area contributed by atoms with Crippen LogP contribution in [0.4, 0.5) is 0 Å². The van der Waals surface area contributed by atoms with Gasteiger partial charge in [-0.1, -0.05) is 6.07 Å². The Hall–Kier alpha value is -1.92. The summed E-state index contributed by atoms with van der Waals surface area (Å²) >= 11 is 0. The Bertz CT molecular complexity index is 552. The van der Waals surface area contributed by atoms with Crippen molar-refractivity contribution < 1.29 is 15.0 Å². The summed E-state index contributed by atoms with van der Waals surface area (Å²) in [5.41, 5.74) is 1.02. The Labute approximate surface area is 103 Å². The molecule has 3 rings (SSSR count). The zero-order valence-electron chi connectivity index (χ0n) is 9.60. The number of carbonyl (C=O) groups is 1. The predicted molar refractivity (Wildman–Crippen MR) is 63.1 cm³/mol. The van der Waals surface area contributed by atoms with E-state index in [0.717, 1.165) is 0 Å². The summed E-state index contributed by atoms with van der Waals surface area (Å²) in [6.45, 7) is 0.293. The van der Waals surface area contributed by atoms with E-state index in [1.165, 1.54) is 4.90 Å². The SMILES string of the molecule is O=C(c1cn2ccccc2n1)N1CC(O)C(O)C1. The van der Waals surface area contributed by atoms with Crippen LogP contribution >= 0.6 is 0 Å². The van der Waals surface area contributed by atoms with Gasteiger partial charge in [0.15, 0.2) is 0 Å². The highest BCUT2D eigenvalue weighted by Gasteiger charge is 2.33. The Morgan fingerprint density at radius 3 is 2.67 bits per heavy atom. The van der Waals surface area contributed by atoms with Gasteiger partial charge in [-0.25, -0.2) is 4.98 Å². The standard InChI is InChI=1S/C12H13N3O3/c16-9-6-15(7-10(9)17)12(18)8-5-14-4-2-1-3-11(14)13-8/h1-5,9-10,16-17H,6-7H2. The first kappa shape index (κ1) is 11.2. The minimum atomic E-state index is -0.869. The number of nitrogens with zero attached hydrogens (tertiary/aromatic N) is 3. The molecule has 0 aromatic carbocycles. The van der Waals surface area contributed by atoms with E-state index in [1.807, 2.05) is 24.4 Å². The fourth-order valence-electron chi connectivity index (χ4n) is 2.14. The lowest BCUT2D eigenvalue weighted by molar-refractivity contribution is 0.0572. The molecule has 94 valence electrons. The Morgan fingerprint density at radius 1 is 1.28 bits per heavy atom. The quantitative estimate of drug-likeness (QED) is 0.713. The maximum absolute atomic E-state index is 12.1. The molecule has 0 saturated carbocycles. The Balaban J connectivity index is 1.88. The van der Waals surface area contributed by atoms with Gasteiger partial charge in [-0.15, -0.1) is 0 Å². The summed E-state index contributed by atoms with van der Waals surface area (Å²) in [6.07, 6.45) is 1.72. The number of aromatic nitrogens is 2. The lowest BCUT2D eigenvalue weighted by Gasteiger charge is -2.12. The molecule has 3 heterocycles. The summed E-state index contributed by atoms with van der Waals surface area (Å²) in [5, 5.41) is 18.9. The topological polar surface area (TPSA) is 78.1 Å². The molecule has 0 radical (unpaired) electrons. The Kier molecular flexibility index (Phi) is 2.53. The van der Waals surface area contributed by atoms with Gasteiger partial charge in [0.2, 0.25) is 0 Å². The largest absolute Gasteiger partial charge is 0.388 e. The number of likely N-dealkylation sites (tertiary alicyclic amines) is 1. The first-order chi connectivity index (χ1) is 8.65. The van der Waals surface area contributed by atoms with Crippen molar-refractivity contribution in [3.63, 3.8) is 0 Å². The number of β-amino-alcohol motifs (C(OH)–C–C–N with tert-alkyl or cyclic N) is 2. The zero-order chi connectivity index (χ0) is 12.7. The predicted octanol–water partition coefficient (Wildman–Crippen LogP) is -0.488. The van der Waals surface area contributed by atoms with E-state index < -0.39 is 12.2 Å². The van der Waals surface area contributed by atoms with Gasteiger partial charge in [-0.05, 0) is 12.1 Å². The molecule has 0 aliphatic carbocycles. The third-order valence-electron chi connectivity index (χ3n) is 3.13. The fourth-order valence-corrected chi connectivity index (χ4v) is 2.14. The fraction of sp³-hybridized carbons (Fsp3) is 0.333. The van der Waals surface area contributed by atoms with Gasteiger partial charge in [0.05, 0.1) is 12.2 Å². The monoisotopic (exact) mass is 247 g/mol. The molecule has 2 atom stereocenters. The van der Waals surface area contributed by atoms with Crippen LogP contribution in [-0.2, 0) is 0 Å². The second kappa shape index (κ2) is 4.08. The van der Waals surface area contributed by atoms with E-state index in [-0.39, 0.29) is 19.0 Å². The molecule has 0 bridgehead atoms. The molecule has 6 heteroatoms. The number of fused-ring (bicyclic) bond motifs is 1. The van der Waals surface area contributed by atoms with Crippen LogP contribution in [-0.4, -0.2) is 55.7 Å². The van der Waals surface area contributed by atoms with Crippen LogP contribution in [0.1, 0.15) is 10.5 Å². The van der Waals surface area contributed by atoms with Gasteiger partial charge in [0.25, 0.3) is 5.91 Å². The van der Waals surface area contributed by atoms with Crippen LogP contribution in [0.5, 0.6) is 0 Å². The minimum absolute atomic E-state index is 0.147. The van der Waals surface area contributed by atoms with Crippen LogP contribution in [0.15, 0.2) is 30.6 Å². The van der Waals surface area contributed by atoms with Crippen LogP contribution in [0.25, 0.3) is 5.65 Å². The molecule has 2 aromatic heterocycles. The Morgan fingerprint density at radius 2 is 2.00 bits per heavy atom. The van der Waals surface area contributed by atoms with E-state index in [0.29, 0.717) is 11.3 Å². The highest BCUT2D eigenvalue weighted by atomic mass is 16.3. The first-order valence-corrected chi connectivity index (χ1v) is 5.74. The van der Waals surface area contributed by atoms with E-state index in [4.69, 9.17) is 0 Å².